The lowest BCUT2D eigenvalue weighted by atomic mass is 10.1. The predicted octanol–water partition coefficient (Wildman–Crippen LogP) is -1.18. The Bertz CT molecular complexity index is 325. The van der Waals surface area contributed by atoms with Gasteiger partial charge in [-0.25, -0.2) is 0 Å². The lowest BCUT2D eigenvalue weighted by molar-refractivity contribution is -0.145. The van der Waals surface area contributed by atoms with E-state index in [1.807, 2.05) is 0 Å². The molecule has 0 fully saturated rings. The quantitative estimate of drug-likeness (QED) is 0.455. The molecule has 0 radical (unpaired) electrons. The Morgan fingerprint density at radius 3 is 2.69 bits per heavy atom. The van der Waals surface area contributed by atoms with Gasteiger partial charge in [0.2, 0.25) is 0 Å². The molecule has 1 unspecified atom stereocenters. The second-order valence-electron chi connectivity index (χ2n) is 3.89. The minimum Gasteiger partial charge on any atom is -0.400 e. The first kappa shape index (κ1) is 12.7. The highest BCUT2D eigenvalue weighted by molar-refractivity contribution is 5.83. The van der Waals surface area contributed by atoms with Gasteiger partial charge in [0.1, 0.15) is 0 Å². The Kier molecular flexibility index (Phi) is 4.03. The van der Waals surface area contributed by atoms with Crippen LogP contribution in [0.3, 0.4) is 0 Å². The zero-order valence-corrected chi connectivity index (χ0v) is 9.18. The largest absolute Gasteiger partial charge is 0.400 e. The Balaban J connectivity index is 2.69. The fraction of sp³-hybridized carbons (Fsp3) is 0.600. The van der Waals surface area contributed by atoms with Crippen LogP contribution < -0.4 is 5.73 Å². The second kappa shape index (κ2) is 5.09. The lowest BCUT2D eigenvalue weighted by Gasteiger charge is -2.30. The van der Waals surface area contributed by atoms with Crippen molar-refractivity contribution >= 4 is 12.1 Å². The van der Waals surface area contributed by atoms with Crippen molar-refractivity contribution < 1.29 is 15.0 Å². The molecule has 1 heterocycles. The Morgan fingerprint density at radius 1 is 1.62 bits per heavy atom. The maximum Gasteiger partial charge on any atom is 0.254 e. The van der Waals surface area contributed by atoms with Crippen molar-refractivity contribution in [3.63, 3.8) is 0 Å². The van der Waals surface area contributed by atoms with E-state index >= 15 is 0 Å². The fourth-order valence-electron chi connectivity index (χ4n) is 1.55. The van der Waals surface area contributed by atoms with Gasteiger partial charge in [-0.15, -0.1) is 0 Å². The number of carbonyl (C=O) groups excluding carboxylic acids is 1. The van der Waals surface area contributed by atoms with E-state index < -0.39 is 18.1 Å². The topological polar surface area (TPSA) is 111 Å². The van der Waals surface area contributed by atoms with Crippen LogP contribution in [-0.2, 0) is 4.79 Å². The van der Waals surface area contributed by atoms with E-state index in [0.29, 0.717) is 18.7 Å². The number of hydrogen-bond acceptors (Lipinski definition) is 5. The fourth-order valence-corrected chi connectivity index (χ4v) is 1.55. The molecule has 0 saturated heterocycles. The number of nitrogens with two attached hydrogens (primary N) is 1. The van der Waals surface area contributed by atoms with E-state index in [1.54, 1.807) is 0 Å². The van der Waals surface area contributed by atoms with Gasteiger partial charge < -0.3 is 26.3 Å². The zero-order valence-electron chi connectivity index (χ0n) is 9.18. The third-order valence-corrected chi connectivity index (χ3v) is 2.62. The van der Waals surface area contributed by atoms with Crippen LogP contribution in [0.25, 0.3) is 0 Å². The smallest absolute Gasteiger partial charge is 0.254 e. The van der Waals surface area contributed by atoms with Crippen LogP contribution in [0.15, 0.2) is 11.3 Å². The van der Waals surface area contributed by atoms with Gasteiger partial charge >= 0.3 is 0 Å². The molecule has 0 saturated carbocycles. The number of rotatable bonds is 3. The molecular weight excluding hydrogens is 210 g/mol. The lowest BCUT2D eigenvalue weighted by Crippen LogP contribution is -2.47. The van der Waals surface area contributed by atoms with Crippen molar-refractivity contribution in [3.8, 4) is 0 Å². The minimum atomic E-state index is -1.41. The zero-order chi connectivity index (χ0) is 12.3. The van der Waals surface area contributed by atoms with Crippen molar-refractivity contribution in [1.82, 2.24) is 4.90 Å². The number of aliphatic hydroxyl groups is 2. The first-order chi connectivity index (χ1) is 7.47. The molecule has 2 atom stereocenters. The molecule has 16 heavy (non-hydrogen) atoms. The summed E-state index contributed by atoms with van der Waals surface area (Å²) >= 11 is 0. The summed E-state index contributed by atoms with van der Waals surface area (Å²) in [6, 6.07) is 0. The van der Waals surface area contributed by atoms with Gasteiger partial charge in [-0.1, -0.05) is 0 Å². The summed E-state index contributed by atoms with van der Waals surface area (Å²) in [7, 11) is 0. The third kappa shape index (κ3) is 2.59. The molecule has 0 bridgehead atoms. The van der Waals surface area contributed by atoms with Gasteiger partial charge in [0, 0.05) is 18.5 Å². The van der Waals surface area contributed by atoms with Crippen LogP contribution >= 0.6 is 0 Å². The number of amides is 1. The summed E-state index contributed by atoms with van der Waals surface area (Å²) in [5, 5.41) is 25.6. The molecule has 0 aromatic heterocycles. The summed E-state index contributed by atoms with van der Waals surface area (Å²) < 4.78 is 0. The maximum absolute atomic E-state index is 11.7. The standard InChI is InChI=1S/C10H17N3O3/c1-6(14)9(15)10(16)13-3-2-7(4-11)8(12)5-13/h4,6,9,11,14-15H,2-3,5,12H2,1H3/t6?,9-/m1/s1. The first-order valence-corrected chi connectivity index (χ1v) is 5.10. The molecule has 1 aliphatic rings. The molecule has 0 aromatic rings. The molecule has 5 N–H and O–H groups in total. The molecule has 0 aromatic carbocycles. The van der Waals surface area contributed by atoms with E-state index in [9.17, 15) is 9.90 Å². The van der Waals surface area contributed by atoms with Gasteiger partial charge in [-0.3, -0.25) is 4.79 Å². The van der Waals surface area contributed by atoms with E-state index in [1.165, 1.54) is 18.0 Å². The molecular formula is C10H17N3O3. The molecule has 0 spiro atoms. The van der Waals surface area contributed by atoms with Gasteiger partial charge in [-0.05, 0) is 18.9 Å². The van der Waals surface area contributed by atoms with Crippen molar-refractivity contribution in [3.05, 3.63) is 11.3 Å². The highest BCUT2D eigenvalue weighted by atomic mass is 16.3. The highest BCUT2D eigenvalue weighted by Gasteiger charge is 2.28. The molecule has 0 aliphatic carbocycles. The predicted molar refractivity (Wildman–Crippen MR) is 58.9 cm³/mol. The van der Waals surface area contributed by atoms with Gasteiger partial charge in [0.25, 0.3) is 5.91 Å². The first-order valence-electron chi connectivity index (χ1n) is 5.10. The number of nitrogens with one attached hydrogen (secondary N) is 1. The Morgan fingerprint density at radius 2 is 2.25 bits per heavy atom. The van der Waals surface area contributed by atoms with E-state index in [-0.39, 0.29) is 6.54 Å². The average molecular weight is 227 g/mol. The van der Waals surface area contributed by atoms with Crippen LogP contribution in [0.4, 0.5) is 0 Å². The summed E-state index contributed by atoms with van der Waals surface area (Å²) in [6.07, 6.45) is -0.813. The SMILES string of the molecule is CC(O)[C@@H](O)C(=O)N1CCC(C=N)=C(N)C1. The number of aliphatic hydroxyl groups excluding tert-OH is 2. The summed E-state index contributed by atoms with van der Waals surface area (Å²) in [4.78, 5) is 13.0. The number of nitrogens with zero attached hydrogens (tertiary/aromatic N) is 1. The normalized spacial score (nSPS) is 20.6. The van der Waals surface area contributed by atoms with Crippen LogP contribution in [0, 0.1) is 5.41 Å². The van der Waals surface area contributed by atoms with Gasteiger partial charge in [0.15, 0.2) is 6.10 Å². The summed E-state index contributed by atoms with van der Waals surface area (Å²) in [5.74, 6) is -0.526. The minimum absolute atomic E-state index is 0.202. The number of hydrogen-bond donors (Lipinski definition) is 4. The Hall–Kier alpha value is -1.40. The highest BCUT2D eigenvalue weighted by Crippen LogP contribution is 2.14. The third-order valence-electron chi connectivity index (χ3n) is 2.62. The van der Waals surface area contributed by atoms with Crippen molar-refractivity contribution in [2.75, 3.05) is 13.1 Å². The van der Waals surface area contributed by atoms with E-state index in [0.717, 1.165) is 5.57 Å². The summed E-state index contributed by atoms with van der Waals surface area (Å²) in [6.45, 7) is 1.97. The maximum atomic E-state index is 11.7. The monoisotopic (exact) mass is 227 g/mol. The van der Waals surface area contributed by atoms with Gasteiger partial charge in [0.05, 0.1) is 12.6 Å². The van der Waals surface area contributed by atoms with Crippen LogP contribution in [0.2, 0.25) is 0 Å². The molecule has 1 aliphatic heterocycles. The van der Waals surface area contributed by atoms with Gasteiger partial charge in [-0.2, -0.15) is 0 Å². The van der Waals surface area contributed by atoms with Crippen molar-refractivity contribution in [1.29, 1.82) is 5.41 Å². The Labute approximate surface area is 93.9 Å². The number of carbonyl (C=O) groups is 1. The van der Waals surface area contributed by atoms with Crippen LogP contribution in [-0.4, -0.2) is 52.5 Å². The van der Waals surface area contributed by atoms with E-state index in [4.69, 9.17) is 16.2 Å². The molecule has 6 heteroatoms. The summed E-state index contributed by atoms with van der Waals surface area (Å²) in [5.41, 5.74) is 6.87. The van der Waals surface area contributed by atoms with E-state index in [2.05, 4.69) is 0 Å². The molecule has 90 valence electrons. The van der Waals surface area contributed by atoms with Crippen molar-refractivity contribution in [2.45, 2.75) is 25.6 Å². The van der Waals surface area contributed by atoms with Crippen LogP contribution in [0.1, 0.15) is 13.3 Å². The molecule has 1 rings (SSSR count). The van der Waals surface area contributed by atoms with Crippen LogP contribution in [0.5, 0.6) is 0 Å². The second-order valence-corrected chi connectivity index (χ2v) is 3.89. The molecule has 1 amide bonds. The van der Waals surface area contributed by atoms with Crippen molar-refractivity contribution in [2.24, 2.45) is 5.73 Å². The molecule has 6 nitrogen and oxygen atoms in total. The average Bonchev–Trinajstić information content (AvgIpc) is 2.26.